The van der Waals surface area contributed by atoms with Crippen molar-refractivity contribution in [2.24, 2.45) is 5.92 Å². The van der Waals surface area contributed by atoms with Crippen molar-refractivity contribution in [1.82, 2.24) is 19.9 Å². The molecule has 1 aromatic carbocycles. The van der Waals surface area contributed by atoms with Crippen LogP contribution in [-0.4, -0.2) is 31.0 Å². The van der Waals surface area contributed by atoms with Gasteiger partial charge in [0.2, 0.25) is 0 Å². The van der Waals surface area contributed by atoms with Crippen LogP contribution in [0.25, 0.3) is 11.6 Å². The summed E-state index contributed by atoms with van der Waals surface area (Å²) in [6.07, 6.45) is 0.581. The molecule has 0 bridgehead atoms. The van der Waals surface area contributed by atoms with Gasteiger partial charge < -0.3 is 9.63 Å². The summed E-state index contributed by atoms with van der Waals surface area (Å²) in [5.74, 6) is -0.811. The van der Waals surface area contributed by atoms with Crippen LogP contribution in [0.1, 0.15) is 68.1 Å². The van der Waals surface area contributed by atoms with Gasteiger partial charge in [-0.05, 0) is 62.3 Å². The van der Waals surface area contributed by atoms with Gasteiger partial charge in [0.15, 0.2) is 11.5 Å². The van der Waals surface area contributed by atoms with Crippen LogP contribution in [0, 0.1) is 5.92 Å². The Hall–Kier alpha value is -2.52. The molecule has 2 heterocycles. The molecule has 2 fully saturated rings. The molecule has 2 saturated carbocycles. The average Bonchev–Trinajstić information content (AvgIpc) is 3.22. The van der Waals surface area contributed by atoms with Crippen molar-refractivity contribution in [3.05, 3.63) is 51.4 Å². The van der Waals surface area contributed by atoms with Crippen LogP contribution < -0.4 is 0 Å². The lowest BCUT2D eigenvalue weighted by Gasteiger charge is -2.27. The number of alkyl halides is 2. The molecule has 2 aliphatic carbocycles. The minimum Gasteiger partial charge on any atom is -0.481 e. The van der Waals surface area contributed by atoms with Gasteiger partial charge >= 0.3 is 5.97 Å². The largest absolute Gasteiger partial charge is 0.481 e. The van der Waals surface area contributed by atoms with Crippen LogP contribution in [0.5, 0.6) is 0 Å². The van der Waals surface area contributed by atoms with E-state index in [0.717, 1.165) is 18.4 Å². The van der Waals surface area contributed by atoms with Gasteiger partial charge in [0.25, 0.3) is 12.3 Å². The number of aromatic nitrogens is 4. The Kier molecular flexibility index (Phi) is 5.64. The molecule has 2 aliphatic rings. The third-order valence-corrected chi connectivity index (χ3v) is 7.20. The molecule has 7 nitrogen and oxygen atoms in total. The molecule has 1 N–H and O–H groups in total. The Morgan fingerprint density at radius 3 is 2.52 bits per heavy atom. The number of carboxylic acid groups (broad SMARTS) is 1. The first-order chi connectivity index (χ1) is 15.8. The van der Waals surface area contributed by atoms with E-state index in [0.29, 0.717) is 41.6 Å². The topological polar surface area (TPSA) is 94.0 Å². The van der Waals surface area contributed by atoms with Crippen LogP contribution in [0.2, 0.25) is 10.0 Å². The lowest BCUT2D eigenvalue weighted by atomic mass is 9.86. The van der Waals surface area contributed by atoms with Crippen molar-refractivity contribution in [1.29, 1.82) is 0 Å². The second-order valence-electron chi connectivity index (χ2n) is 8.67. The zero-order valence-electron chi connectivity index (χ0n) is 17.3. The molecule has 11 heteroatoms. The van der Waals surface area contributed by atoms with E-state index in [4.69, 9.17) is 27.7 Å². The number of carboxylic acids is 1. The summed E-state index contributed by atoms with van der Waals surface area (Å²) < 4.78 is 34.3. The van der Waals surface area contributed by atoms with Crippen LogP contribution in [0.3, 0.4) is 0 Å². The third-order valence-electron chi connectivity index (χ3n) is 6.65. The predicted molar refractivity (Wildman–Crippen MR) is 116 cm³/mol. The Balaban J connectivity index is 1.43. The summed E-state index contributed by atoms with van der Waals surface area (Å²) in [5, 5.41) is 18.7. The van der Waals surface area contributed by atoms with E-state index < -0.39 is 23.7 Å². The summed E-state index contributed by atoms with van der Waals surface area (Å²) in [7, 11) is 0. The molecule has 0 amide bonds. The van der Waals surface area contributed by atoms with Gasteiger partial charge in [-0.1, -0.05) is 34.4 Å². The second kappa shape index (κ2) is 8.36. The van der Waals surface area contributed by atoms with Crippen LogP contribution in [0.4, 0.5) is 8.78 Å². The summed E-state index contributed by atoms with van der Waals surface area (Å²) in [6, 6.07) is 6.21. The maximum Gasteiger partial charge on any atom is 0.306 e. The van der Waals surface area contributed by atoms with Gasteiger partial charge in [0.1, 0.15) is 5.69 Å². The molecule has 33 heavy (non-hydrogen) atoms. The zero-order chi connectivity index (χ0) is 23.3. The number of benzene rings is 1. The molecule has 2 aromatic heterocycles. The molecule has 0 unspecified atom stereocenters. The highest BCUT2D eigenvalue weighted by Gasteiger charge is 2.51. The van der Waals surface area contributed by atoms with E-state index in [1.807, 2.05) is 6.07 Å². The lowest BCUT2D eigenvalue weighted by molar-refractivity contribution is -0.143. The molecule has 5 rings (SSSR count). The highest BCUT2D eigenvalue weighted by molar-refractivity contribution is 6.35. The fraction of sp³-hybridized carbons (Fsp3) is 0.455. The van der Waals surface area contributed by atoms with Gasteiger partial charge in [-0.15, -0.1) is 0 Å². The van der Waals surface area contributed by atoms with Crippen molar-refractivity contribution < 1.29 is 23.2 Å². The van der Waals surface area contributed by atoms with Gasteiger partial charge in [0, 0.05) is 10.0 Å². The fourth-order valence-electron chi connectivity index (χ4n) is 4.67. The number of hydrogen-bond donors (Lipinski definition) is 1. The normalized spacial score (nSPS) is 22.0. The maximum atomic E-state index is 13.8. The fourth-order valence-corrected chi connectivity index (χ4v) is 5.26. The highest BCUT2D eigenvalue weighted by Crippen LogP contribution is 2.54. The van der Waals surface area contributed by atoms with E-state index in [1.165, 1.54) is 10.7 Å². The number of carbonyl (C=O) groups is 1. The molecule has 0 radical (unpaired) electrons. The Labute approximate surface area is 197 Å². The Morgan fingerprint density at radius 2 is 1.91 bits per heavy atom. The van der Waals surface area contributed by atoms with E-state index in [2.05, 4.69) is 15.2 Å². The maximum absolute atomic E-state index is 13.8. The van der Waals surface area contributed by atoms with Crippen LogP contribution in [-0.2, 0) is 10.2 Å². The quantitative estimate of drug-likeness (QED) is 0.444. The van der Waals surface area contributed by atoms with Crippen molar-refractivity contribution in [2.45, 2.75) is 56.4 Å². The standard InChI is InChI=1S/C22H20Cl2F2N4O3/c23-12-3-6-14(15(24)9-12)22(7-8-22)21-27-19(33-29-21)16-10-17(18(25)26)30(28-16)13-4-1-11(2-5-13)20(31)32/h3,6,9-11,13,18H,1-2,4-5,7-8H2,(H,31,32). The number of nitrogens with zero attached hydrogens (tertiary/aromatic N) is 4. The molecule has 174 valence electrons. The molecule has 0 saturated heterocycles. The van der Waals surface area contributed by atoms with Gasteiger partial charge in [-0.25, -0.2) is 8.78 Å². The predicted octanol–water partition coefficient (Wildman–Crippen LogP) is 6.07. The van der Waals surface area contributed by atoms with Crippen LogP contribution in [0.15, 0.2) is 28.8 Å². The van der Waals surface area contributed by atoms with Crippen molar-refractivity contribution >= 4 is 29.2 Å². The van der Waals surface area contributed by atoms with E-state index in [-0.39, 0.29) is 23.3 Å². The molecule has 3 aromatic rings. The lowest BCUT2D eigenvalue weighted by Crippen LogP contribution is -2.24. The van der Waals surface area contributed by atoms with Gasteiger partial charge in [0.05, 0.1) is 17.4 Å². The SMILES string of the molecule is O=C(O)C1CCC(n2nc(-c3nc(C4(c5ccc(Cl)cc5Cl)CC4)no3)cc2C(F)F)CC1. The molecule has 0 spiro atoms. The number of aliphatic carboxylic acids is 1. The van der Waals surface area contributed by atoms with E-state index >= 15 is 0 Å². The second-order valence-corrected chi connectivity index (χ2v) is 9.52. The minimum absolute atomic E-state index is 0.0567. The summed E-state index contributed by atoms with van der Waals surface area (Å²) in [6.45, 7) is 0. The van der Waals surface area contributed by atoms with E-state index in [9.17, 15) is 18.7 Å². The molecule has 0 atom stereocenters. The van der Waals surface area contributed by atoms with Gasteiger partial charge in [-0.2, -0.15) is 10.1 Å². The molecule has 0 aliphatic heterocycles. The third kappa shape index (κ3) is 4.01. The minimum atomic E-state index is -2.74. The molecular weight excluding hydrogens is 477 g/mol. The number of halogens is 4. The number of rotatable bonds is 6. The highest BCUT2D eigenvalue weighted by atomic mass is 35.5. The van der Waals surface area contributed by atoms with Crippen molar-refractivity contribution in [2.75, 3.05) is 0 Å². The molecular formula is C22H20Cl2F2N4O3. The Bertz CT molecular complexity index is 1200. The first-order valence-electron chi connectivity index (χ1n) is 10.7. The smallest absolute Gasteiger partial charge is 0.306 e. The van der Waals surface area contributed by atoms with Crippen LogP contribution >= 0.6 is 23.2 Å². The summed E-state index contributed by atoms with van der Waals surface area (Å²) in [4.78, 5) is 15.7. The summed E-state index contributed by atoms with van der Waals surface area (Å²) >= 11 is 12.4. The van der Waals surface area contributed by atoms with Crippen molar-refractivity contribution in [3.8, 4) is 11.6 Å². The monoisotopic (exact) mass is 496 g/mol. The first-order valence-corrected chi connectivity index (χ1v) is 11.4. The van der Waals surface area contributed by atoms with Gasteiger partial charge in [-0.3, -0.25) is 9.48 Å². The van der Waals surface area contributed by atoms with Crippen molar-refractivity contribution in [3.63, 3.8) is 0 Å². The Morgan fingerprint density at radius 1 is 1.18 bits per heavy atom. The number of hydrogen-bond acceptors (Lipinski definition) is 5. The summed E-state index contributed by atoms with van der Waals surface area (Å²) in [5.41, 5.74) is 0.273. The first kappa shape index (κ1) is 22.3. The zero-order valence-corrected chi connectivity index (χ0v) is 18.9. The average molecular weight is 497 g/mol. The van der Waals surface area contributed by atoms with E-state index in [1.54, 1.807) is 12.1 Å².